The topological polar surface area (TPSA) is 15.8 Å². The van der Waals surface area contributed by atoms with Crippen molar-refractivity contribution in [2.75, 3.05) is 0 Å². The Kier molecular flexibility index (Phi) is 1.97. The van der Waals surface area contributed by atoms with E-state index < -0.39 is 5.82 Å². The minimum Gasteiger partial charge on any atom is -0.357 e. The van der Waals surface area contributed by atoms with Gasteiger partial charge in [0.25, 0.3) is 0 Å². The fraction of sp³-hybridized carbons (Fsp3) is 0.111. The summed E-state index contributed by atoms with van der Waals surface area (Å²) in [5.41, 5.74) is 1.61. The number of aryl methyl sites for hydroxylation is 1. The summed E-state index contributed by atoms with van der Waals surface area (Å²) >= 11 is 11.5. The van der Waals surface area contributed by atoms with Crippen LogP contribution in [0.25, 0.3) is 10.9 Å². The number of benzene rings is 1. The van der Waals surface area contributed by atoms with Crippen molar-refractivity contribution < 1.29 is 4.39 Å². The molecule has 0 saturated heterocycles. The molecule has 0 fully saturated rings. The van der Waals surface area contributed by atoms with Gasteiger partial charge in [0, 0.05) is 11.1 Å². The van der Waals surface area contributed by atoms with Gasteiger partial charge in [0.2, 0.25) is 0 Å². The van der Waals surface area contributed by atoms with Gasteiger partial charge in [-0.3, -0.25) is 0 Å². The number of nitrogens with one attached hydrogen (secondary N) is 1. The van der Waals surface area contributed by atoms with Crippen LogP contribution in [0.3, 0.4) is 0 Å². The van der Waals surface area contributed by atoms with Gasteiger partial charge in [-0.25, -0.2) is 4.39 Å². The Morgan fingerprint density at radius 1 is 1.23 bits per heavy atom. The van der Waals surface area contributed by atoms with Crippen molar-refractivity contribution in [1.82, 2.24) is 4.98 Å². The minimum absolute atomic E-state index is 0.0315. The summed E-state index contributed by atoms with van der Waals surface area (Å²) in [5, 5.41) is 0.949. The van der Waals surface area contributed by atoms with E-state index in [9.17, 15) is 4.39 Å². The van der Waals surface area contributed by atoms with Crippen LogP contribution in [0.2, 0.25) is 10.0 Å². The van der Waals surface area contributed by atoms with Crippen molar-refractivity contribution in [3.8, 4) is 0 Å². The lowest BCUT2D eigenvalue weighted by Gasteiger charge is -1.98. The monoisotopic (exact) mass is 217 g/mol. The maximum Gasteiger partial charge on any atom is 0.144 e. The maximum absolute atomic E-state index is 13.1. The first-order valence-corrected chi connectivity index (χ1v) is 4.48. The van der Waals surface area contributed by atoms with Crippen LogP contribution in [0.4, 0.5) is 4.39 Å². The third-order valence-electron chi connectivity index (χ3n) is 1.89. The normalized spacial score (nSPS) is 11.1. The Morgan fingerprint density at radius 2 is 1.92 bits per heavy atom. The van der Waals surface area contributed by atoms with E-state index in [-0.39, 0.29) is 10.0 Å². The molecule has 0 aliphatic rings. The fourth-order valence-corrected chi connectivity index (χ4v) is 1.72. The lowest BCUT2D eigenvalue weighted by atomic mass is 10.2. The second-order valence-corrected chi connectivity index (χ2v) is 3.66. The van der Waals surface area contributed by atoms with Gasteiger partial charge in [0.05, 0.1) is 15.6 Å². The zero-order valence-electron chi connectivity index (χ0n) is 6.79. The highest BCUT2D eigenvalue weighted by Gasteiger charge is 2.11. The smallest absolute Gasteiger partial charge is 0.144 e. The molecular weight excluding hydrogens is 212 g/mol. The van der Waals surface area contributed by atoms with Crippen LogP contribution in [0, 0.1) is 12.7 Å². The Bertz CT molecular complexity index is 476. The summed E-state index contributed by atoms with van der Waals surface area (Å²) in [6, 6.07) is 3.19. The van der Waals surface area contributed by atoms with E-state index in [0.29, 0.717) is 5.52 Å². The Morgan fingerprint density at radius 3 is 2.62 bits per heavy atom. The second-order valence-electron chi connectivity index (χ2n) is 2.90. The largest absolute Gasteiger partial charge is 0.357 e. The maximum atomic E-state index is 13.1. The highest BCUT2D eigenvalue weighted by molar-refractivity contribution is 6.45. The van der Waals surface area contributed by atoms with E-state index in [0.717, 1.165) is 11.1 Å². The number of aromatic nitrogens is 1. The van der Waals surface area contributed by atoms with Crippen LogP contribution in [-0.4, -0.2) is 4.98 Å². The number of hydrogen-bond donors (Lipinski definition) is 1. The number of rotatable bonds is 0. The molecule has 68 valence electrons. The number of hydrogen-bond acceptors (Lipinski definition) is 0. The van der Waals surface area contributed by atoms with Crippen molar-refractivity contribution in [3.05, 3.63) is 33.7 Å². The highest BCUT2D eigenvalue weighted by Crippen LogP contribution is 2.32. The van der Waals surface area contributed by atoms with Crippen molar-refractivity contribution in [2.24, 2.45) is 0 Å². The molecule has 0 amide bonds. The molecule has 0 aliphatic carbocycles. The zero-order valence-corrected chi connectivity index (χ0v) is 8.30. The van der Waals surface area contributed by atoms with Gasteiger partial charge >= 0.3 is 0 Å². The van der Waals surface area contributed by atoms with E-state index in [1.54, 1.807) is 0 Å². The highest BCUT2D eigenvalue weighted by atomic mass is 35.5. The standard InChI is InChI=1S/C9H6Cl2FN/c1-4-2-5-3-6(12)7(10)8(11)9(5)13-4/h2-3,13H,1H3. The van der Waals surface area contributed by atoms with Gasteiger partial charge in [-0.2, -0.15) is 0 Å². The summed E-state index contributed by atoms with van der Waals surface area (Å²) in [5.74, 6) is -0.488. The van der Waals surface area contributed by atoms with Gasteiger partial charge in [-0.05, 0) is 19.1 Å². The third-order valence-corrected chi connectivity index (χ3v) is 2.73. The van der Waals surface area contributed by atoms with E-state index in [2.05, 4.69) is 4.98 Å². The molecular formula is C9H6Cl2FN. The minimum atomic E-state index is -0.488. The molecule has 13 heavy (non-hydrogen) atoms. The summed E-state index contributed by atoms with van der Waals surface area (Å²) in [4.78, 5) is 3.01. The molecule has 1 nitrogen and oxygen atoms in total. The number of fused-ring (bicyclic) bond motifs is 1. The second kappa shape index (κ2) is 2.89. The molecule has 0 unspecified atom stereocenters. The molecule has 0 saturated carbocycles. The Balaban J connectivity index is 2.92. The van der Waals surface area contributed by atoms with Crippen LogP contribution in [0.15, 0.2) is 12.1 Å². The van der Waals surface area contributed by atoms with Crippen molar-refractivity contribution in [1.29, 1.82) is 0 Å². The number of aromatic amines is 1. The van der Waals surface area contributed by atoms with Crippen LogP contribution in [0.5, 0.6) is 0 Å². The molecule has 1 heterocycles. The molecule has 2 rings (SSSR count). The molecule has 1 aromatic carbocycles. The Hall–Kier alpha value is -0.730. The van der Waals surface area contributed by atoms with Crippen molar-refractivity contribution in [3.63, 3.8) is 0 Å². The third kappa shape index (κ3) is 1.30. The van der Waals surface area contributed by atoms with Crippen LogP contribution in [-0.2, 0) is 0 Å². The molecule has 4 heteroatoms. The average molecular weight is 218 g/mol. The average Bonchev–Trinajstić information content (AvgIpc) is 2.42. The number of halogens is 3. The number of H-pyrrole nitrogens is 1. The van der Waals surface area contributed by atoms with Gasteiger partial charge < -0.3 is 4.98 Å². The molecule has 0 spiro atoms. The zero-order chi connectivity index (χ0) is 9.59. The summed E-state index contributed by atoms with van der Waals surface area (Å²) in [7, 11) is 0. The first-order valence-electron chi connectivity index (χ1n) is 3.72. The van der Waals surface area contributed by atoms with Crippen LogP contribution >= 0.6 is 23.2 Å². The molecule has 0 aliphatic heterocycles. The predicted octanol–water partition coefficient (Wildman–Crippen LogP) is 3.92. The summed E-state index contributed by atoms with van der Waals surface area (Å²) in [6.45, 7) is 1.88. The van der Waals surface area contributed by atoms with Crippen LogP contribution < -0.4 is 0 Å². The van der Waals surface area contributed by atoms with Gasteiger partial charge in [0.15, 0.2) is 0 Å². The van der Waals surface area contributed by atoms with E-state index in [1.165, 1.54) is 6.07 Å². The molecule has 1 aromatic heterocycles. The predicted molar refractivity (Wildman–Crippen MR) is 53.0 cm³/mol. The lowest BCUT2D eigenvalue weighted by Crippen LogP contribution is -1.79. The van der Waals surface area contributed by atoms with Gasteiger partial charge in [0.1, 0.15) is 5.82 Å². The summed E-state index contributed by atoms with van der Waals surface area (Å²) < 4.78 is 13.1. The van der Waals surface area contributed by atoms with Crippen LogP contribution in [0.1, 0.15) is 5.69 Å². The van der Waals surface area contributed by atoms with Crippen molar-refractivity contribution >= 4 is 34.1 Å². The molecule has 1 N–H and O–H groups in total. The quantitative estimate of drug-likeness (QED) is 0.645. The van der Waals surface area contributed by atoms with Crippen molar-refractivity contribution in [2.45, 2.75) is 6.92 Å². The first kappa shape index (κ1) is 8.85. The lowest BCUT2D eigenvalue weighted by molar-refractivity contribution is 0.630. The molecule has 0 bridgehead atoms. The Labute approximate surface area is 84.5 Å². The molecule has 0 atom stereocenters. The van der Waals surface area contributed by atoms with E-state index in [4.69, 9.17) is 23.2 Å². The molecule has 2 aromatic rings. The summed E-state index contributed by atoms with van der Waals surface area (Å²) in [6.07, 6.45) is 0. The molecule has 0 radical (unpaired) electrons. The van der Waals surface area contributed by atoms with Gasteiger partial charge in [-0.15, -0.1) is 0 Å². The fourth-order valence-electron chi connectivity index (χ4n) is 1.32. The van der Waals surface area contributed by atoms with E-state index in [1.807, 2.05) is 13.0 Å². The van der Waals surface area contributed by atoms with E-state index >= 15 is 0 Å². The van der Waals surface area contributed by atoms with Gasteiger partial charge in [-0.1, -0.05) is 23.2 Å². The first-order chi connectivity index (χ1) is 6.09. The SMILES string of the molecule is Cc1cc2cc(F)c(Cl)c(Cl)c2[nH]1.